The fourth-order valence-corrected chi connectivity index (χ4v) is 2.09. The Morgan fingerprint density at radius 1 is 1.35 bits per heavy atom. The summed E-state index contributed by atoms with van der Waals surface area (Å²) in [4.78, 5) is 16.3. The van der Waals surface area contributed by atoms with Gasteiger partial charge >= 0.3 is 0 Å². The van der Waals surface area contributed by atoms with E-state index in [9.17, 15) is 4.79 Å². The summed E-state index contributed by atoms with van der Waals surface area (Å²) in [5.41, 5.74) is 3.17. The van der Waals surface area contributed by atoms with Crippen LogP contribution in [0, 0.1) is 6.92 Å². The normalized spacial score (nSPS) is 10.2. The van der Waals surface area contributed by atoms with Crippen molar-refractivity contribution in [1.29, 1.82) is 0 Å². The van der Waals surface area contributed by atoms with Crippen LogP contribution in [0.2, 0.25) is 0 Å². The maximum absolute atomic E-state index is 12.3. The van der Waals surface area contributed by atoms with Crippen molar-refractivity contribution in [3.63, 3.8) is 0 Å². The van der Waals surface area contributed by atoms with Crippen LogP contribution in [0.3, 0.4) is 0 Å². The number of carbonyl (C=O) groups is 1. The number of carbonyl (C=O) groups excluding carboxylic acids is 1. The fourth-order valence-electron chi connectivity index (χ4n) is 1.84. The Morgan fingerprint density at radius 2 is 2.15 bits per heavy atom. The number of pyridine rings is 1. The minimum atomic E-state index is -0.148. The molecule has 4 nitrogen and oxygen atoms in total. The molecule has 0 saturated heterocycles. The average Bonchev–Trinajstić information content (AvgIpc) is 2.44. The maximum atomic E-state index is 12.3. The molecule has 1 heterocycles. The van der Waals surface area contributed by atoms with E-state index >= 15 is 0 Å². The van der Waals surface area contributed by atoms with Crippen LogP contribution in [0.15, 0.2) is 41.1 Å². The Bertz CT molecular complexity index is 628. The summed E-state index contributed by atoms with van der Waals surface area (Å²) in [6.07, 6.45) is 3.27. The minimum Gasteiger partial charge on any atom is -0.383 e. The van der Waals surface area contributed by atoms with E-state index in [4.69, 9.17) is 0 Å². The van der Waals surface area contributed by atoms with Gasteiger partial charge in [-0.1, -0.05) is 15.9 Å². The molecule has 0 atom stereocenters. The van der Waals surface area contributed by atoms with E-state index in [1.165, 1.54) is 0 Å². The van der Waals surface area contributed by atoms with Gasteiger partial charge in [0.1, 0.15) is 0 Å². The maximum Gasteiger partial charge on any atom is 0.257 e. The van der Waals surface area contributed by atoms with Crippen molar-refractivity contribution >= 4 is 33.2 Å². The first-order valence-electron chi connectivity index (χ1n) is 6.37. The molecule has 104 valence electrons. The third-order valence-electron chi connectivity index (χ3n) is 2.85. The lowest BCUT2D eigenvalue weighted by Gasteiger charge is -2.11. The number of hydrogen-bond donors (Lipinski definition) is 2. The molecule has 2 rings (SSSR count). The second kappa shape index (κ2) is 6.52. The molecular weight excluding hydrogens is 318 g/mol. The van der Waals surface area contributed by atoms with Crippen molar-refractivity contribution in [3.8, 4) is 0 Å². The first kappa shape index (κ1) is 14.5. The predicted molar refractivity (Wildman–Crippen MR) is 85.2 cm³/mol. The zero-order valence-corrected chi connectivity index (χ0v) is 13.0. The molecule has 1 aromatic heterocycles. The van der Waals surface area contributed by atoms with Crippen molar-refractivity contribution in [3.05, 3.63) is 52.3 Å². The van der Waals surface area contributed by atoms with Gasteiger partial charge in [0.2, 0.25) is 0 Å². The van der Waals surface area contributed by atoms with Crippen LogP contribution in [-0.4, -0.2) is 17.4 Å². The summed E-state index contributed by atoms with van der Waals surface area (Å²) < 4.78 is 1.02. The summed E-state index contributed by atoms with van der Waals surface area (Å²) in [5.74, 6) is -0.148. The lowest BCUT2D eigenvalue weighted by molar-refractivity contribution is 0.102. The summed E-state index contributed by atoms with van der Waals surface area (Å²) in [6, 6.07) is 7.42. The molecule has 1 amide bonds. The highest BCUT2D eigenvalue weighted by Crippen LogP contribution is 2.21. The summed E-state index contributed by atoms with van der Waals surface area (Å²) >= 11 is 3.44. The van der Waals surface area contributed by atoms with E-state index in [0.29, 0.717) is 5.56 Å². The first-order valence-corrected chi connectivity index (χ1v) is 7.16. The average molecular weight is 334 g/mol. The van der Waals surface area contributed by atoms with Crippen molar-refractivity contribution in [2.45, 2.75) is 13.8 Å². The molecule has 0 aliphatic heterocycles. The van der Waals surface area contributed by atoms with Gasteiger partial charge in [-0.3, -0.25) is 9.78 Å². The number of rotatable bonds is 4. The van der Waals surface area contributed by atoms with Crippen molar-refractivity contribution in [2.24, 2.45) is 0 Å². The van der Waals surface area contributed by atoms with Crippen molar-refractivity contribution in [1.82, 2.24) is 4.98 Å². The van der Waals surface area contributed by atoms with E-state index in [1.807, 2.05) is 32.0 Å². The predicted octanol–water partition coefficient (Wildman–Crippen LogP) is 3.84. The molecule has 20 heavy (non-hydrogen) atoms. The SMILES string of the molecule is CCNc1cnccc1C(=O)Nc1ccc(Br)c(C)c1. The van der Waals surface area contributed by atoms with Gasteiger partial charge in [0.15, 0.2) is 0 Å². The fraction of sp³-hybridized carbons (Fsp3) is 0.200. The smallest absolute Gasteiger partial charge is 0.257 e. The molecule has 0 aliphatic carbocycles. The second-order valence-corrected chi connectivity index (χ2v) is 5.22. The highest BCUT2D eigenvalue weighted by atomic mass is 79.9. The van der Waals surface area contributed by atoms with Crippen LogP contribution in [0.1, 0.15) is 22.8 Å². The van der Waals surface area contributed by atoms with Crippen LogP contribution in [0.4, 0.5) is 11.4 Å². The van der Waals surface area contributed by atoms with Gasteiger partial charge in [0.05, 0.1) is 17.4 Å². The van der Waals surface area contributed by atoms with Crippen molar-refractivity contribution in [2.75, 3.05) is 17.2 Å². The van der Waals surface area contributed by atoms with Gasteiger partial charge in [0.25, 0.3) is 5.91 Å². The topological polar surface area (TPSA) is 54.0 Å². The molecule has 0 unspecified atom stereocenters. The molecule has 0 bridgehead atoms. The number of amides is 1. The largest absolute Gasteiger partial charge is 0.383 e. The summed E-state index contributed by atoms with van der Waals surface area (Å²) in [5, 5.41) is 6.03. The van der Waals surface area contributed by atoms with E-state index < -0.39 is 0 Å². The van der Waals surface area contributed by atoms with Crippen LogP contribution in [0.5, 0.6) is 0 Å². The van der Waals surface area contributed by atoms with Gasteiger partial charge in [-0.2, -0.15) is 0 Å². The second-order valence-electron chi connectivity index (χ2n) is 4.37. The highest BCUT2D eigenvalue weighted by Gasteiger charge is 2.11. The third kappa shape index (κ3) is 3.36. The zero-order chi connectivity index (χ0) is 14.5. The number of nitrogens with zero attached hydrogens (tertiary/aromatic N) is 1. The van der Waals surface area contributed by atoms with E-state index in [0.717, 1.165) is 28.0 Å². The van der Waals surface area contributed by atoms with E-state index in [1.54, 1.807) is 18.5 Å². The zero-order valence-electron chi connectivity index (χ0n) is 11.4. The molecular formula is C15H16BrN3O. The number of aryl methyl sites for hydroxylation is 1. The number of aromatic nitrogens is 1. The summed E-state index contributed by atoms with van der Waals surface area (Å²) in [7, 11) is 0. The molecule has 0 radical (unpaired) electrons. The Hall–Kier alpha value is -1.88. The molecule has 0 spiro atoms. The van der Waals surface area contributed by atoms with Gasteiger partial charge in [-0.15, -0.1) is 0 Å². The standard InChI is InChI=1S/C15H16BrN3O/c1-3-18-14-9-17-7-6-12(14)15(20)19-11-4-5-13(16)10(2)8-11/h4-9,18H,3H2,1-2H3,(H,19,20). The van der Waals surface area contributed by atoms with Gasteiger partial charge in [0, 0.05) is 22.9 Å². The Kier molecular flexibility index (Phi) is 4.74. The molecule has 0 fully saturated rings. The monoisotopic (exact) mass is 333 g/mol. The number of anilines is 2. The van der Waals surface area contributed by atoms with Crippen LogP contribution in [-0.2, 0) is 0 Å². The lowest BCUT2D eigenvalue weighted by Crippen LogP contribution is -2.15. The Labute approximate surface area is 126 Å². The van der Waals surface area contributed by atoms with Crippen LogP contribution in [0.25, 0.3) is 0 Å². The van der Waals surface area contributed by atoms with Crippen molar-refractivity contribution < 1.29 is 4.79 Å². The summed E-state index contributed by atoms with van der Waals surface area (Å²) in [6.45, 7) is 4.70. The first-order chi connectivity index (χ1) is 9.61. The lowest BCUT2D eigenvalue weighted by atomic mass is 10.2. The quantitative estimate of drug-likeness (QED) is 0.893. The molecule has 1 aromatic carbocycles. The number of halogens is 1. The van der Waals surface area contributed by atoms with Gasteiger partial charge < -0.3 is 10.6 Å². The Morgan fingerprint density at radius 3 is 2.85 bits per heavy atom. The number of hydrogen-bond acceptors (Lipinski definition) is 3. The van der Waals surface area contributed by atoms with Gasteiger partial charge in [-0.05, 0) is 43.7 Å². The van der Waals surface area contributed by atoms with Crippen LogP contribution >= 0.6 is 15.9 Å². The van der Waals surface area contributed by atoms with Crippen LogP contribution < -0.4 is 10.6 Å². The van der Waals surface area contributed by atoms with E-state index in [2.05, 4.69) is 31.5 Å². The third-order valence-corrected chi connectivity index (χ3v) is 3.74. The minimum absolute atomic E-state index is 0.148. The molecule has 2 aromatic rings. The number of nitrogens with one attached hydrogen (secondary N) is 2. The molecule has 0 saturated carbocycles. The Balaban J connectivity index is 2.21. The molecule has 0 aliphatic rings. The number of benzene rings is 1. The van der Waals surface area contributed by atoms with E-state index in [-0.39, 0.29) is 5.91 Å². The molecule has 5 heteroatoms. The molecule has 2 N–H and O–H groups in total. The van der Waals surface area contributed by atoms with Gasteiger partial charge in [-0.25, -0.2) is 0 Å². The highest BCUT2D eigenvalue weighted by molar-refractivity contribution is 9.10.